The van der Waals surface area contributed by atoms with Crippen LogP contribution in [0, 0.1) is 34.0 Å². The minimum atomic E-state index is -0.543. The summed E-state index contributed by atoms with van der Waals surface area (Å²) in [5, 5.41) is 11.6. The number of cyclic esters (lactones) is 1. The Kier molecular flexibility index (Phi) is 3.60. The quantitative estimate of drug-likeness (QED) is 0.561. The van der Waals surface area contributed by atoms with E-state index in [2.05, 4.69) is 27.7 Å². The second-order valence-corrected chi connectivity index (χ2v) is 11.0. The normalized spacial score (nSPS) is 58.2. The lowest BCUT2D eigenvalue weighted by atomic mass is 9.36. The minimum Gasteiger partial charge on any atom is -0.463 e. The molecule has 27 heavy (non-hydrogen) atoms. The van der Waals surface area contributed by atoms with Crippen LogP contribution in [0.25, 0.3) is 0 Å². The Bertz CT molecular complexity index is 676. The van der Waals surface area contributed by atoms with Gasteiger partial charge in [0.05, 0.1) is 18.8 Å². The molecule has 1 spiro atoms. The van der Waals surface area contributed by atoms with Crippen molar-refractivity contribution in [3.8, 4) is 0 Å². The van der Waals surface area contributed by atoms with Gasteiger partial charge in [0, 0.05) is 23.9 Å². The molecule has 0 amide bonds. The molecule has 5 fully saturated rings. The highest BCUT2D eigenvalue weighted by atomic mass is 16.7. The Morgan fingerprint density at radius 1 is 1.11 bits per heavy atom. The van der Waals surface area contributed by atoms with Crippen LogP contribution in [-0.2, 0) is 19.0 Å². The summed E-state index contributed by atoms with van der Waals surface area (Å²) in [6.45, 7) is 9.74. The maximum absolute atomic E-state index is 12.3. The van der Waals surface area contributed by atoms with Crippen molar-refractivity contribution in [3.05, 3.63) is 0 Å². The zero-order chi connectivity index (χ0) is 19.4. The second kappa shape index (κ2) is 5.28. The monoisotopic (exact) mass is 378 g/mol. The molecule has 9 atom stereocenters. The van der Waals surface area contributed by atoms with Crippen LogP contribution in [0.3, 0.4) is 0 Å². The number of hydrogen-bond acceptors (Lipinski definition) is 5. The number of esters is 1. The van der Waals surface area contributed by atoms with Gasteiger partial charge in [-0.15, -0.1) is 0 Å². The fraction of sp³-hybridized carbons (Fsp3) is 0.955. The Morgan fingerprint density at radius 2 is 1.85 bits per heavy atom. The number of ether oxygens (including phenoxy) is 3. The first-order chi connectivity index (χ1) is 12.6. The van der Waals surface area contributed by atoms with Gasteiger partial charge in [-0.05, 0) is 49.4 Å². The zero-order valence-electron chi connectivity index (χ0n) is 17.3. The molecule has 2 aliphatic heterocycles. The lowest BCUT2D eigenvalue weighted by molar-refractivity contribution is -0.265. The second-order valence-electron chi connectivity index (χ2n) is 11.0. The largest absolute Gasteiger partial charge is 0.463 e. The molecule has 5 aliphatic rings. The van der Waals surface area contributed by atoms with Crippen LogP contribution in [0.2, 0.25) is 0 Å². The SMILES string of the molecule is CO[C@H]1CCC(C)(C)C2C[C@@H](O)[C@]3(C)C(CCC4COC(=O)C5OC453)[C@]21C. The number of rotatable bonds is 1. The van der Waals surface area contributed by atoms with Crippen molar-refractivity contribution in [2.24, 2.45) is 34.0 Å². The molecule has 5 nitrogen and oxygen atoms in total. The number of aliphatic hydroxyl groups excluding tert-OH is 1. The van der Waals surface area contributed by atoms with Crippen molar-refractivity contribution in [3.63, 3.8) is 0 Å². The van der Waals surface area contributed by atoms with Gasteiger partial charge < -0.3 is 19.3 Å². The fourth-order valence-electron chi connectivity index (χ4n) is 8.55. The van der Waals surface area contributed by atoms with Gasteiger partial charge in [-0.25, -0.2) is 4.79 Å². The van der Waals surface area contributed by atoms with Crippen molar-refractivity contribution in [2.45, 2.75) is 83.7 Å². The Morgan fingerprint density at radius 3 is 2.56 bits per heavy atom. The molecule has 3 saturated carbocycles. The number of carbonyl (C=O) groups excluding carboxylic acids is 1. The Hall–Kier alpha value is -0.650. The van der Waals surface area contributed by atoms with Crippen molar-refractivity contribution in [1.29, 1.82) is 0 Å². The molecular formula is C22H34O5. The molecule has 3 aliphatic carbocycles. The third-order valence-corrected chi connectivity index (χ3v) is 9.89. The third-order valence-electron chi connectivity index (χ3n) is 9.89. The highest BCUT2D eigenvalue weighted by Crippen LogP contribution is 2.75. The van der Waals surface area contributed by atoms with Crippen molar-refractivity contribution < 1.29 is 24.1 Å². The molecule has 2 saturated heterocycles. The highest BCUT2D eigenvalue weighted by molar-refractivity contribution is 5.81. The van der Waals surface area contributed by atoms with Gasteiger partial charge >= 0.3 is 5.97 Å². The summed E-state index contributed by atoms with van der Waals surface area (Å²) in [6.07, 6.45) is 4.21. The fourth-order valence-corrected chi connectivity index (χ4v) is 8.55. The van der Waals surface area contributed by atoms with Crippen LogP contribution in [-0.4, -0.2) is 48.7 Å². The lowest BCUT2D eigenvalue weighted by Crippen LogP contribution is -2.72. The molecule has 5 rings (SSSR count). The van der Waals surface area contributed by atoms with E-state index in [4.69, 9.17) is 14.2 Å². The first-order valence-electron chi connectivity index (χ1n) is 10.7. The van der Waals surface area contributed by atoms with E-state index in [-0.39, 0.29) is 34.7 Å². The van der Waals surface area contributed by atoms with Crippen molar-refractivity contribution in [1.82, 2.24) is 0 Å². The molecule has 5 heteroatoms. The average Bonchev–Trinajstić information content (AvgIpc) is 3.37. The average molecular weight is 379 g/mol. The number of carbonyl (C=O) groups is 1. The van der Waals surface area contributed by atoms with Crippen LogP contribution >= 0.6 is 0 Å². The molecule has 152 valence electrons. The van der Waals surface area contributed by atoms with Gasteiger partial charge in [-0.3, -0.25) is 0 Å². The van der Waals surface area contributed by atoms with Gasteiger partial charge in [0.25, 0.3) is 0 Å². The van der Waals surface area contributed by atoms with E-state index < -0.39 is 23.2 Å². The third kappa shape index (κ3) is 1.90. The minimum absolute atomic E-state index is 0.0257. The molecule has 5 unspecified atom stereocenters. The van der Waals surface area contributed by atoms with Crippen molar-refractivity contribution >= 4 is 5.97 Å². The van der Waals surface area contributed by atoms with E-state index >= 15 is 0 Å². The molecule has 0 bridgehead atoms. The van der Waals surface area contributed by atoms with Crippen LogP contribution in [0.5, 0.6) is 0 Å². The summed E-state index contributed by atoms with van der Waals surface area (Å²) >= 11 is 0. The molecule has 1 N–H and O–H groups in total. The standard InChI is InChI=1S/C22H34O5/c1-19(2)9-8-16(25-5)20(3)13-7-6-12-11-26-18(24)17-22(12,27-17)21(13,4)15(23)10-14(19)20/h12-17,23H,6-11H2,1-5H3/t12?,13?,14?,15-,16+,17?,20-,21+,22?/m1/s1. The van der Waals surface area contributed by atoms with Crippen LogP contribution < -0.4 is 0 Å². The molecule has 0 radical (unpaired) electrons. The summed E-state index contributed by atoms with van der Waals surface area (Å²) in [6, 6.07) is 0. The highest BCUT2D eigenvalue weighted by Gasteiger charge is 2.83. The number of aliphatic hydroxyl groups is 1. The molecule has 0 aromatic carbocycles. The topological polar surface area (TPSA) is 68.3 Å². The summed E-state index contributed by atoms with van der Waals surface area (Å²) in [7, 11) is 1.84. The molecule has 0 aromatic heterocycles. The summed E-state index contributed by atoms with van der Waals surface area (Å²) in [5.74, 6) is 0.640. The summed E-state index contributed by atoms with van der Waals surface area (Å²) in [5.41, 5.74) is -0.827. The van der Waals surface area contributed by atoms with E-state index in [9.17, 15) is 9.90 Å². The van der Waals surface area contributed by atoms with E-state index in [1.807, 2.05) is 7.11 Å². The number of fused-ring (bicyclic) bond motifs is 3. The number of epoxide rings is 1. The predicted octanol–water partition coefficient (Wildman–Crippen LogP) is 2.94. The van der Waals surface area contributed by atoms with Crippen LogP contribution in [0.4, 0.5) is 0 Å². The first-order valence-corrected chi connectivity index (χ1v) is 10.7. The van der Waals surface area contributed by atoms with E-state index in [0.717, 1.165) is 32.1 Å². The summed E-state index contributed by atoms with van der Waals surface area (Å²) < 4.78 is 17.7. The maximum atomic E-state index is 12.3. The summed E-state index contributed by atoms with van der Waals surface area (Å²) in [4.78, 5) is 12.3. The first kappa shape index (κ1) is 18.4. The van der Waals surface area contributed by atoms with E-state index in [0.29, 0.717) is 12.5 Å². The zero-order valence-corrected chi connectivity index (χ0v) is 17.3. The number of methoxy groups -OCH3 is 1. The van der Waals surface area contributed by atoms with E-state index in [1.54, 1.807) is 0 Å². The van der Waals surface area contributed by atoms with Crippen LogP contribution in [0.1, 0.15) is 59.8 Å². The van der Waals surface area contributed by atoms with Gasteiger partial charge in [0.15, 0.2) is 6.10 Å². The Labute approximate surface area is 162 Å². The lowest BCUT2D eigenvalue weighted by Gasteiger charge is -2.69. The van der Waals surface area contributed by atoms with Gasteiger partial charge in [-0.2, -0.15) is 0 Å². The van der Waals surface area contributed by atoms with Crippen molar-refractivity contribution in [2.75, 3.05) is 13.7 Å². The van der Waals surface area contributed by atoms with Gasteiger partial charge in [0.2, 0.25) is 0 Å². The maximum Gasteiger partial charge on any atom is 0.338 e. The van der Waals surface area contributed by atoms with Crippen LogP contribution in [0.15, 0.2) is 0 Å². The van der Waals surface area contributed by atoms with Gasteiger partial charge in [-0.1, -0.05) is 27.7 Å². The predicted molar refractivity (Wildman–Crippen MR) is 98.9 cm³/mol. The smallest absolute Gasteiger partial charge is 0.338 e. The molecular weight excluding hydrogens is 344 g/mol. The van der Waals surface area contributed by atoms with E-state index in [1.165, 1.54) is 0 Å². The molecule has 0 aromatic rings. The number of hydrogen-bond donors (Lipinski definition) is 1. The molecule has 2 heterocycles. The Balaban J connectivity index is 1.64. The van der Waals surface area contributed by atoms with Gasteiger partial charge in [0.1, 0.15) is 5.60 Å².